The summed E-state index contributed by atoms with van der Waals surface area (Å²) in [5, 5.41) is 0. The van der Waals surface area contributed by atoms with Crippen LogP contribution in [0, 0.1) is 0 Å². The molecule has 6 heteroatoms. The van der Waals surface area contributed by atoms with Gasteiger partial charge < -0.3 is 0 Å². The van der Waals surface area contributed by atoms with Gasteiger partial charge >= 0.3 is 8.25 Å². The summed E-state index contributed by atoms with van der Waals surface area (Å²) in [5.41, 5.74) is 0. The Kier molecular flexibility index (Phi) is 20.4. The molecule has 0 fully saturated rings. The predicted octanol–water partition coefficient (Wildman–Crippen LogP) is 6.30. The van der Waals surface area contributed by atoms with Gasteiger partial charge in [-0.05, 0) is 24.3 Å². The molecule has 0 aliphatic carbocycles. The Morgan fingerprint density at radius 2 is 1.14 bits per heavy atom. The third kappa shape index (κ3) is 18.8. The molecule has 0 amide bonds. The highest BCUT2D eigenvalue weighted by atomic mass is 32.2. The van der Waals surface area contributed by atoms with E-state index in [9.17, 15) is 4.57 Å². The Labute approximate surface area is 147 Å². The van der Waals surface area contributed by atoms with E-state index in [0.29, 0.717) is 13.2 Å². The summed E-state index contributed by atoms with van der Waals surface area (Å²) in [6.07, 6.45) is 10.4. The Hall–Kier alpha value is 0.720. The third-order valence-corrected chi connectivity index (χ3v) is 5.99. The number of hydrogen-bond donors (Lipinski definition) is 0. The molecule has 0 rings (SSSR count). The highest BCUT2D eigenvalue weighted by Gasteiger charge is 2.19. The lowest BCUT2D eigenvalue weighted by atomic mass is 10.2. The fourth-order valence-electron chi connectivity index (χ4n) is 1.84. The highest BCUT2D eigenvalue weighted by molar-refractivity contribution is 7.99. The second-order valence-electron chi connectivity index (χ2n) is 5.24. The van der Waals surface area contributed by atoms with Gasteiger partial charge in [-0.2, -0.15) is 23.5 Å². The molecule has 0 atom stereocenters. The zero-order chi connectivity index (χ0) is 16.3. The van der Waals surface area contributed by atoms with Crippen LogP contribution in [0.15, 0.2) is 0 Å². The van der Waals surface area contributed by atoms with Crippen LogP contribution in [0.1, 0.15) is 65.2 Å². The van der Waals surface area contributed by atoms with E-state index in [2.05, 4.69) is 13.8 Å². The zero-order valence-electron chi connectivity index (χ0n) is 14.4. The van der Waals surface area contributed by atoms with Crippen molar-refractivity contribution in [2.24, 2.45) is 0 Å². The van der Waals surface area contributed by atoms with Crippen molar-refractivity contribution in [3.05, 3.63) is 0 Å². The lowest BCUT2D eigenvalue weighted by molar-refractivity contribution is 0.246. The molecule has 0 aromatic rings. The molecule has 0 saturated carbocycles. The van der Waals surface area contributed by atoms with E-state index in [1.54, 1.807) is 0 Å². The molecule has 0 saturated heterocycles. The molecule has 0 aliphatic heterocycles. The smallest absolute Gasteiger partial charge is 0.159 e. The molecule has 0 bridgehead atoms. The van der Waals surface area contributed by atoms with Crippen molar-refractivity contribution < 1.29 is 13.6 Å². The monoisotopic (exact) mass is 369 g/mol. The third-order valence-electron chi connectivity index (χ3n) is 3.13. The van der Waals surface area contributed by atoms with Crippen LogP contribution in [0.4, 0.5) is 0 Å². The standard InChI is InChI=1S/C16H34O3PS2/c1-3-5-7-9-13-21-15-11-18-20(17)19-12-16-22-14-10-8-6-4-2/h3-16H2,1-2H3/q+1. The number of rotatable bonds is 18. The summed E-state index contributed by atoms with van der Waals surface area (Å²) in [4.78, 5) is 0. The Morgan fingerprint density at radius 3 is 1.55 bits per heavy atom. The van der Waals surface area contributed by atoms with E-state index in [4.69, 9.17) is 9.05 Å². The van der Waals surface area contributed by atoms with Gasteiger partial charge in [0, 0.05) is 16.1 Å². The first-order valence-corrected chi connectivity index (χ1v) is 12.1. The molecule has 3 nitrogen and oxygen atoms in total. The van der Waals surface area contributed by atoms with Gasteiger partial charge in [0.2, 0.25) is 0 Å². The minimum absolute atomic E-state index is 0.526. The number of thioether (sulfide) groups is 2. The highest BCUT2D eigenvalue weighted by Crippen LogP contribution is 2.24. The van der Waals surface area contributed by atoms with Gasteiger partial charge in [-0.25, -0.2) is 0 Å². The van der Waals surface area contributed by atoms with Crippen LogP contribution in [0.5, 0.6) is 0 Å². The van der Waals surface area contributed by atoms with Gasteiger partial charge in [0.15, 0.2) is 0 Å². The van der Waals surface area contributed by atoms with Crippen LogP contribution in [-0.4, -0.2) is 36.2 Å². The Bertz CT molecular complexity index is 221. The maximum Gasteiger partial charge on any atom is 0.697 e. The fourth-order valence-corrected chi connectivity index (χ4v) is 4.27. The van der Waals surface area contributed by atoms with Gasteiger partial charge in [0.05, 0.1) is 0 Å². The summed E-state index contributed by atoms with van der Waals surface area (Å²) in [5.74, 6) is 4.16. The lowest BCUT2D eigenvalue weighted by Gasteiger charge is -1.99. The minimum Gasteiger partial charge on any atom is -0.159 e. The lowest BCUT2D eigenvalue weighted by Crippen LogP contribution is -1.96. The van der Waals surface area contributed by atoms with Crippen molar-refractivity contribution in [3.8, 4) is 0 Å². The maximum absolute atomic E-state index is 11.5. The van der Waals surface area contributed by atoms with Crippen molar-refractivity contribution in [3.63, 3.8) is 0 Å². The van der Waals surface area contributed by atoms with Crippen molar-refractivity contribution in [1.29, 1.82) is 0 Å². The first-order valence-electron chi connectivity index (χ1n) is 8.69. The van der Waals surface area contributed by atoms with Gasteiger partial charge in [-0.15, -0.1) is 9.05 Å². The predicted molar refractivity (Wildman–Crippen MR) is 102 cm³/mol. The molecule has 0 aliphatic rings. The topological polar surface area (TPSA) is 35.5 Å². The molecular weight excluding hydrogens is 335 g/mol. The second-order valence-corrected chi connectivity index (χ2v) is 8.65. The molecule has 0 unspecified atom stereocenters. The second kappa shape index (κ2) is 19.8. The molecule has 0 aromatic carbocycles. The van der Waals surface area contributed by atoms with Crippen LogP contribution in [0.2, 0.25) is 0 Å². The summed E-state index contributed by atoms with van der Waals surface area (Å²) in [6.45, 7) is 5.50. The molecule has 0 radical (unpaired) electrons. The van der Waals surface area contributed by atoms with E-state index in [1.165, 1.54) is 62.9 Å². The normalized spacial score (nSPS) is 11.0. The molecular formula is C16H34O3PS2+. The first-order chi connectivity index (χ1) is 10.8. The molecule has 0 aromatic heterocycles. The molecule has 0 spiro atoms. The summed E-state index contributed by atoms with van der Waals surface area (Å²) >= 11 is 3.75. The van der Waals surface area contributed by atoms with Crippen LogP contribution >= 0.6 is 31.8 Å². The first kappa shape index (κ1) is 22.7. The van der Waals surface area contributed by atoms with Crippen LogP contribution < -0.4 is 0 Å². The molecule has 22 heavy (non-hydrogen) atoms. The van der Waals surface area contributed by atoms with E-state index < -0.39 is 8.25 Å². The van der Waals surface area contributed by atoms with Gasteiger partial charge in [-0.1, -0.05) is 52.4 Å². The Morgan fingerprint density at radius 1 is 0.682 bits per heavy atom. The maximum atomic E-state index is 11.5. The van der Waals surface area contributed by atoms with Gasteiger partial charge in [0.1, 0.15) is 13.2 Å². The SMILES string of the molecule is CCCCCCSCCO[P+](=O)OCCSCCCCCC. The quantitative estimate of drug-likeness (QED) is 0.209. The minimum atomic E-state index is -1.92. The van der Waals surface area contributed by atoms with Crippen LogP contribution in [0.3, 0.4) is 0 Å². The molecule has 132 valence electrons. The summed E-state index contributed by atoms with van der Waals surface area (Å²) in [7, 11) is -1.92. The average Bonchev–Trinajstić information content (AvgIpc) is 2.52. The van der Waals surface area contributed by atoms with Gasteiger partial charge in [-0.3, -0.25) is 0 Å². The summed E-state index contributed by atoms with van der Waals surface area (Å²) in [6, 6.07) is 0. The Balaban J connectivity index is 3.13. The van der Waals surface area contributed by atoms with Crippen molar-refractivity contribution in [2.75, 3.05) is 36.2 Å². The van der Waals surface area contributed by atoms with Crippen molar-refractivity contribution in [2.45, 2.75) is 65.2 Å². The van der Waals surface area contributed by atoms with Crippen molar-refractivity contribution in [1.82, 2.24) is 0 Å². The van der Waals surface area contributed by atoms with Gasteiger partial charge in [0.25, 0.3) is 0 Å². The fraction of sp³-hybridized carbons (Fsp3) is 1.00. The zero-order valence-corrected chi connectivity index (χ0v) is 16.9. The van der Waals surface area contributed by atoms with Crippen molar-refractivity contribution >= 4 is 31.8 Å². The average molecular weight is 370 g/mol. The van der Waals surface area contributed by atoms with E-state index in [1.807, 2.05) is 23.5 Å². The largest absolute Gasteiger partial charge is 0.697 e. The molecule has 0 heterocycles. The number of unbranched alkanes of at least 4 members (excludes halogenated alkanes) is 6. The number of hydrogen-bond acceptors (Lipinski definition) is 5. The molecule has 0 N–H and O–H groups in total. The van der Waals surface area contributed by atoms with Crippen LogP contribution in [0.25, 0.3) is 0 Å². The van der Waals surface area contributed by atoms with E-state index >= 15 is 0 Å². The van der Waals surface area contributed by atoms with E-state index in [0.717, 1.165) is 11.5 Å². The van der Waals surface area contributed by atoms with E-state index in [-0.39, 0.29) is 0 Å². The summed E-state index contributed by atoms with van der Waals surface area (Å²) < 4.78 is 21.8. The van der Waals surface area contributed by atoms with Crippen LogP contribution in [-0.2, 0) is 13.6 Å².